The Labute approximate surface area is 154 Å². The summed E-state index contributed by atoms with van der Waals surface area (Å²) in [4.78, 5) is 12.1. The zero-order valence-electron chi connectivity index (χ0n) is 13.9. The quantitative estimate of drug-likeness (QED) is 0.549. The van der Waals surface area contributed by atoms with E-state index in [2.05, 4.69) is 5.10 Å². The standard InChI is InChI=1S/C19H14FN3O3S/c20-23(27(25,26)16-9-5-2-6-10-16)15-11-12-18-17(13-15)19(24)21-22(18)14-7-3-1-4-8-14/h1-13H,(H,21,24). The monoisotopic (exact) mass is 383 g/mol. The maximum Gasteiger partial charge on any atom is 0.290 e. The van der Waals surface area contributed by atoms with Crippen LogP contribution in [0.1, 0.15) is 0 Å². The van der Waals surface area contributed by atoms with E-state index in [1.807, 2.05) is 30.3 Å². The molecule has 0 amide bonds. The Kier molecular flexibility index (Phi) is 4.04. The van der Waals surface area contributed by atoms with Gasteiger partial charge < -0.3 is 0 Å². The molecule has 4 aromatic rings. The first kappa shape index (κ1) is 17.0. The van der Waals surface area contributed by atoms with Crippen LogP contribution in [0.25, 0.3) is 16.6 Å². The number of anilines is 1. The van der Waals surface area contributed by atoms with E-state index in [-0.39, 0.29) is 20.5 Å². The van der Waals surface area contributed by atoms with Crippen molar-refractivity contribution in [1.29, 1.82) is 0 Å². The van der Waals surface area contributed by atoms with Crippen LogP contribution in [0.15, 0.2) is 88.6 Å². The van der Waals surface area contributed by atoms with Gasteiger partial charge in [-0.05, 0) is 42.5 Å². The highest BCUT2D eigenvalue weighted by Crippen LogP contribution is 2.27. The van der Waals surface area contributed by atoms with Gasteiger partial charge in [-0.15, -0.1) is 0 Å². The molecular formula is C19H14FN3O3S. The molecule has 1 aromatic heterocycles. The predicted molar refractivity (Wildman–Crippen MR) is 101 cm³/mol. The number of hydrogen-bond donors (Lipinski definition) is 1. The van der Waals surface area contributed by atoms with Crippen molar-refractivity contribution in [3.8, 4) is 5.69 Å². The van der Waals surface area contributed by atoms with Gasteiger partial charge in [-0.3, -0.25) is 14.6 Å². The average Bonchev–Trinajstić information content (AvgIpc) is 3.05. The van der Waals surface area contributed by atoms with E-state index in [9.17, 15) is 17.7 Å². The molecular weight excluding hydrogens is 369 g/mol. The number of halogens is 1. The highest BCUT2D eigenvalue weighted by Gasteiger charge is 2.25. The van der Waals surface area contributed by atoms with E-state index >= 15 is 0 Å². The summed E-state index contributed by atoms with van der Waals surface area (Å²) in [5, 5.41) is 2.86. The van der Waals surface area contributed by atoms with Gasteiger partial charge in [0.1, 0.15) is 0 Å². The first-order valence-corrected chi connectivity index (χ1v) is 9.49. The van der Waals surface area contributed by atoms with Crippen molar-refractivity contribution in [3.05, 3.63) is 89.2 Å². The van der Waals surface area contributed by atoms with Gasteiger partial charge in [0, 0.05) is 0 Å². The molecule has 0 aliphatic heterocycles. The van der Waals surface area contributed by atoms with Crippen LogP contribution in [0.2, 0.25) is 0 Å². The summed E-state index contributed by atoms with van der Waals surface area (Å²) >= 11 is 0. The van der Waals surface area contributed by atoms with Crippen molar-refractivity contribution in [1.82, 2.24) is 9.78 Å². The Morgan fingerprint density at radius 3 is 2.19 bits per heavy atom. The fraction of sp³-hybridized carbons (Fsp3) is 0. The maximum absolute atomic E-state index is 14.7. The lowest BCUT2D eigenvalue weighted by Crippen LogP contribution is -2.22. The predicted octanol–water partition coefficient (Wildman–Crippen LogP) is 3.40. The van der Waals surface area contributed by atoms with E-state index in [0.717, 1.165) is 5.69 Å². The summed E-state index contributed by atoms with van der Waals surface area (Å²) in [6.07, 6.45) is 0. The van der Waals surface area contributed by atoms with E-state index in [4.69, 9.17) is 0 Å². The third-order valence-electron chi connectivity index (χ3n) is 4.15. The molecule has 1 heterocycles. The van der Waals surface area contributed by atoms with Gasteiger partial charge in [-0.2, -0.15) is 8.42 Å². The molecule has 0 bridgehead atoms. The van der Waals surface area contributed by atoms with Crippen molar-refractivity contribution in [2.24, 2.45) is 0 Å². The molecule has 0 fully saturated rings. The van der Waals surface area contributed by atoms with Crippen molar-refractivity contribution < 1.29 is 12.9 Å². The van der Waals surface area contributed by atoms with Crippen LogP contribution in [0.5, 0.6) is 0 Å². The van der Waals surface area contributed by atoms with Crippen molar-refractivity contribution in [3.63, 3.8) is 0 Å². The average molecular weight is 383 g/mol. The zero-order valence-corrected chi connectivity index (χ0v) is 14.7. The summed E-state index contributed by atoms with van der Waals surface area (Å²) in [5.74, 6) is 0. The molecule has 0 aliphatic carbocycles. The number of para-hydroxylation sites is 1. The van der Waals surface area contributed by atoms with E-state index < -0.39 is 15.6 Å². The van der Waals surface area contributed by atoms with Gasteiger partial charge in [0.05, 0.1) is 27.2 Å². The van der Waals surface area contributed by atoms with Crippen LogP contribution in [0.4, 0.5) is 10.2 Å². The van der Waals surface area contributed by atoms with Crippen LogP contribution < -0.4 is 10.1 Å². The first-order valence-electron chi connectivity index (χ1n) is 8.05. The Bertz CT molecular complexity index is 1270. The molecule has 0 spiro atoms. The highest BCUT2D eigenvalue weighted by atomic mass is 32.2. The summed E-state index contributed by atoms with van der Waals surface area (Å²) in [6.45, 7) is 0. The number of aromatic amines is 1. The van der Waals surface area contributed by atoms with Crippen molar-refractivity contribution >= 4 is 26.6 Å². The topological polar surface area (TPSA) is 75.2 Å². The second-order valence-corrected chi connectivity index (χ2v) is 7.59. The smallest absolute Gasteiger partial charge is 0.267 e. The second kappa shape index (κ2) is 6.40. The third kappa shape index (κ3) is 2.89. The van der Waals surface area contributed by atoms with Gasteiger partial charge in [0.2, 0.25) is 0 Å². The number of fused-ring (bicyclic) bond motifs is 1. The molecule has 0 atom stereocenters. The second-order valence-electron chi connectivity index (χ2n) is 5.85. The summed E-state index contributed by atoms with van der Waals surface area (Å²) in [6, 6.07) is 20.4. The van der Waals surface area contributed by atoms with Gasteiger partial charge in [-0.1, -0.05) is 45.4 Å². The minimum Gasteiger partial charge on any atom is -0.267 e. The Morgan fingerprint density at radius 2 is 1.52 bits per heavy atom. The fourth-order valence-corrected chi connectivity index (χ4v) is 3.91. The number of aromatic nitrogens is 2. The van der Waals surface area contributed by atoms with Crippen LogP contribution in [-0.4, -0.2) is 18.2 Å². The number of sulfonamides is 1. The Hall–Kier alpha value is -3.39. The molecule has 0 aliphatic rings. The van der Waals surface area contributed by atoms with Gasteiger partial charge in [0.25, 0.3) is 15.6 Å². The Morgan fingerprint density at radius 1 is 0.889 bits per heavy atom. The van der Waals surface area contributed by atoms with Gasteiger partial charge in [-0.25, -0.2) is 0 Å². The minimum atomic E-state index is -4.37. The van der Waals surface area contributed by atoms with Crippen LogP contribution >= 0.6 is 0 Å². The van der Waals surface area contributed by atoms with Crippen molar-refractivity contribution in [2.45, 2.75) is 4.90 Å². The van der Waals surface area contributed by atoms with Gasteiger partial charge in [0.15, 0.2) is 0 Å². The van der Waals surface area contributed by atoms with E-state index in [0.29, 0.717) is 5.52 Å². The highest BCUT2D eigenvalue weighted by molar-refractivity contribution is 7.92. The largest absolute Gasteiger partial charge is 0.290 e. The number of benzene rings is 3. The molecule has 4 rings (SSSR count). The summed E-state index contributed by atoms with van der Waals surface area (Å²) < 4.78 is 40.8. The SMILES string of the molecule is O=c1[nH]n(-c2ccccc2)c2ccc(N(F)S(=O)(=O)c3ccccc3)cc12. The maximum atomic E-state index is 14.7. The van der Waals surface area contributed by atoms with Crippen molar-refractivity contribution in [2.75, 3.05) is 4.53 Å². The van der Waals surface area contributed by atoms with Crippen LogP contribution in [0.3, 0.4) is 0 Å². The summed E-state index contributed by atoms with van der Waals surface area (Å²) in [7, 11) is -4.37. The molecule has 136 valence electrons. The molecule has 1 N–H and O–H groups in total. The molecule has 0 saturated heterocycles. The lowest BCUT2D eigenvalue weighted by Gasteiger charge is -2.14. The van der Waals surface area contributed by atoms with Crippen LogP contribution in [-0.2, 0) is 10.0 Å². The lowest BCUT2D eigenvalue weighted by molar-refractivity contribution is 0.495. The normalized spacial score (nSPS) is 11.6. The molecule has 3 aromatic carbocycles. The fourth-order valence-electron chi connectivity index (χ4n) is 2.84. The molecule has 0 saturated carbocycles. The molecule has 0 radical (unpaired) electrons. The summed E-state index contributed by atoms with van der Waals surface area (Å²) in [5.41, 5.74) is 0.552. The molecule has 6 nitrogen and oxygen atoms in total. The van der Waals surface area contributed by atoms with E-state index in [1.54, 1.807) is 10.7 Å². The number of rotatable bonds is 4. The molecule has 27 heavy (non-hydrogen) atoms. The number of nitrogens with zero attached hydrogens (tertiary/aromatic N) is 2. The minimum absolute atomic E-state index is 0.177. The third-order valence-corrected chi connectivity index (χ3v) is 5.65. The molecule has 8 heteroatoms. The number of nitrogens with one attached hydrogen (secondary N) is 1. The van der Waals surface area contributed by atoms with Crippen LogP contribution in [0, 0.1) is 0 Å². The Balaban J connectivity index is 1.81. The van der Waals surface area contributed by atoms with E-state index in [1.165, 1.54) is 42.5 Å². The molecule has 0 unspecified atom stereocenters. The number of hydrogen-bond acceptors (Lipinski definition) is 3. The lowest BCUT2D eigenvalue weighted by atomic mass is 10.2. The first-order chi connectivity index (χ1) is 13.0. The van der Waals surface area contributed by atoms with Gasteiger partial charge >= 0.3 is 0 Å². The number of H-pyrrole nitrogens is 1. The zero-order chi connectivity index (χ0) is 19.0.